The van der Waals surface area contributed by atoms with Crippen LogP contribution < -0.4 is 5.32 Å². The van der Waals surface area contributed by atoms with Gasteiger partial charge in [0.15, 0.2) is 0 Å². The van der Waals surface area contributed by atoms with Crippen molar-refractivity contribution in [3.63, 3.8) is 0 Å². The summed E-state index contributed by atoms with van der Waals surface area (Å²) in [7, 11) is 1.67. The molecule has 20 heavy (non-hydrogen) atoms. The van der Waals surface area contributed by atoms with Gasteiger partial charge in [-0.2, -0.15) is 0 Å². The molecule has 0 unspecified atom stereocenters. The summed E-state index contributed by atoms with van der Waals surface area (Å²) in [6.07, 6.45) is 0. The van der Waals surface area contributed by atoms with Gasteiger partial charge in [-0.15, -0.1) is 0 Å². The van der Waals surface area contributed by atoms with Gasteiger partial charge in [0.25, 0.3) is 0 Å². The molecule has 0 aromatic heterocycles. The summed E-state index contributed by atoms with van der Waals surface area (Å²) in [4.78, 5) is 13.8. The minimum absolute atomic E-state index is 0.0388. The Balaban J connectivity index is 2.06. The molecule has 2 rings (SSSR count). The first-order chi connectivity index (χ1) is 9.78. The van der Waals surface area contributed by atoms with Crippen LogP contribution in [-0.2, 0) is 17.9 Å². The molecule has 2 aromatic rings. The molecule has 0 fully saturated rings. The number of hydrogen-bond acceptors (Lipinski definition) is 2. The van der Waals surface area contributed by atoms with Crippen LogP contribution in [0.4, 0.5) is 0 Å². The Morgan fingerprint density at radius 2 is 1.35 bits per heavy atom. The van der Waals surface area contributed by atoms with Gasteiger partial charge in [-0.1, -0.05) is 60.7 Å². The van der Waals surface area contributed by atoms with E-state index in [1.807, 2.05) is 36.4 Å². The summed E-state index contributed by atoms with van der Waals surface area (Å²) in [6.45, 7) is 1.94. The maximum absolute atomic E-state index is 11.6. The number of benzene rings is 2. The van der Waals surface area contributed by atoms with Crippen LogP contribution in [-0.4, -0.2) is 24.4 Å². The monoisotopic (exact) mass is 268 g/mol. The Morgan fingerprint density at radius 1 is 0.900 bits per heavy atom. The van der Waals surface area contributed by atoms with E-state index in [-0.39, 0.29) is 5.91 Å². The van der Waals surface area contributed by atoms with Gasteiger partial charge in [-0.05, 0) is 11.1 Å². The smallest absolute Gasteiger partial charge is 0.233 e. The first kappa shape index (κ1) is 14.3. The highest BCUT2D eigenvalue weighted by Gasteiger charge is 2.10. The molecule has 0 spiro atoms. The molecule has 1 amide bonds. The summed E-state index contributed by atoms with van der Waals surface area (Å²) in [5.41, 5.74) is 2.43. The van der Waals surface area contributed by atoms with E-state index in [1.165, 1.54) is 11.1 Å². The Labute approximate surface area is 120 Å². The van der Waals surface area contributed by atoms with E-state index in [1.54, 1.807) is 7.05 Å². The quantitative estimate of drug-likeness (QED) is 0.872. The van der Waals surface area contributed by atoms with Crippen LogP contribution in [0, 0.1) is 0 Å². The molecule has 0 saturated carbocycles. The maximum atomic E-state index is 11.6. The molecule has 0 aliphatic heterocycles. The highest BCUT2D eigenvalue weighted by Crippen LogP contribution is 2.09. The zero-order valence-electron chi connectivity index (χ0n) is 11.8. The number of amides is 1. The number of nitrogens with zero attached hydrogens (tertiary/aromatic N) is 1. The number of carbonyl (C=O) groups is 1. The first-order valence-corrected chi connectivity index (χ1v) is 6.78. The van der Waals surface area contributed by atoms with Crippen LogP contribution >= 0.6 is 0 Å². The van der Waals surface area contributed by atoms with E-state index in [2.05, 4.69) is 34.5 Å². The second kappa shape index (κ2) is 7.46. The van der Waals surface area contributed by atoms with Crippen molar-refractivity contribution >= 4 is 5.91 Å². The van der Waals surface area contributed by atoms with Gasteiger partial charge in [0.05, 0.1) is 6.54 Å². The van der Waals surface area contributed by atoms with E-state index in [0.29, 0.717) is 6.54 Å². The first-order valence-electron chi connectivity index (χ1n) is 6.78. The van der Waals surface area contributed by atoms with Gasteiger partial charge in [0.2, 0.25) is 5.91 Å². The predicted octanol–water partition coefficient (Wildman–Crippen LogP) is 2.43. The van der Waals surface area contributed by atoms with Crippen molar-refractivity contribution in [1.82, 2.24) is 10.2 Å². The lowest BCUT2D eigenvalue weighted by Gasteiger charge is -2.21. The van der Waals surface area contributed by atoms with Crippen molar-refractivity contribution in [1.29, 1.82) is 0 Å². The minimum atomic E-state index is 0.0388. The van der Waals surface area contributed by atoms with Crippen molar-refractivity contribution < 1.29 is 4.79 Å². The average molecular weight is 268 g/mol. The van der Waals surface area contributed by atoms with Gasteiger partial charge in [0, 0.05) is 20.1 Å². The molecule has 0 atom stereocenters. The molecule has 0 saturated heterocycles. The van der Waals surface area contributed by atoms with Gasteiger partial charge in [-0.3, -0.25) is 9.69 Å². The number of carbonyl (C=O) groups excluding carboxylic acids is 1. The van der Waals surface area contributed by atoms with Crippen molar-refractivity contribution in [2.24, 2.45) is 0 Å². The molecule has 104 valence electrons. The number of hydrogen-bond donors (Lipinski definition) is 1. The molecule has 1 N–H and O–H groups in total. The van der Waals surface area contributed by atoms with Gasteiger partial charge < -0.3 is 5.32 Å². The Morgan fingerprint density at radius 3 is 1.75 bits per heavy atom. The van der Waals surface area contributed by atoms with Gasteiger partial charge in [-0.25, -0.2) is 0 Å². The molecule has 2 aromatic carbocycles. The minimum Gasteiger partial charge on any atom is -0.358 e. The Hall–Kier alpha value is -2.13. The van der Waals surface area contributed by atoms with Gasteiger partial charge >= 0.3 is 0 Å². The van der Waals surface area contributed by atoms with Crippen molar-refractivity contribution in [2.75, 3.05) is 13.6 Å². The fraction of sp³-hybridized carbons (Fsp3) is 0.235. The lowest BCUT2D eigenvalue weighted by atomic mass is 10.1. The summed E-state index contributed by atoms with van der Waals surface area (Å²) >= 11 is 0. The van der Waals surface area contributed by atoms with Crippen molar-refractivity contribution in [3.8, 4) is 0 Å². The van der Waals surface area contributed by atoms with Crippen LogP contribution in [0.2, 0.25) is 0 Å². The van der Waals surface area contributed by atoms with E-state index in [9.17, 15) is 4.79 Å². The standard InChI is InChI=1S/C17H20N2O/c1-18-17(20)14-19(12-15-8-4-2-5-9-15)13-16-10-6-3-7-11-16/h2-11H,12-14H2,1H3,(H,18,20). The third kappa shape index (κ3) is 4.52. The zero-order valence-corrected chi connectivity index (χ0v) is 11.8. The van der Waals surface area contributed by atoms with Crippen LogP contribution in [0.5, 0.6) is 0 Å². The molecule has 0 aliphatic rings. The van der Waals surface area contributed by atoms with Gasteiger partial charge in [0.1, 0.15) is 0 Å². The van der Waals surface area contributed by atoms with E-state index in [4.69, 9.17) is 0 Å². The summed E-state index contributed by atoms with van der Waals surface area (Å²) < 4.78 is 0. The predicted molar refractivity (Wildman–Crippen MR) is 81.1 cm³/mol. The van der Waals surface area contributed by atoms with Crippen molar-refractivity contribution in [2.45, 2.75) is 13.1 Å². The van der Waals surface area contributed by atoms with Crippen molar-refractivity contribution in [3.05, 3.63) is 71.8 Å². The Kier molecular flexibility index (Phi) is 5.33. The highest BCUT2D eigenvalue weighted by atomic mass is 16.1. The molecule has 3 nitrogen and oxygen atoms in total. The third-order valence-electron chi connectivity index (χ3n) is 3.14. The summed E-state index contributed by atoms with van der Waals surface area (Å²) in [6, 6.07) is 20.4. The summed E-state index contributed by atoms with van der Waals surface area (Å²) in [5, 5.41) is 2.69. The fourth-order valence-corrected chi connectivity index (χ4v) is 2.13. The van der Waals surface area contributed by atoms with Crippen LogP contribution in [0.3, 0.4) is 0 Å². The maximum Gasteiger partial charge on any atom is 0.233 e. The lowest BCUT2D eigenvalue weighted by Crippen LogP contribution is -2.34. The number of likely N-dealkylation sites (N-methyl/N-ethyl adjacent to an activating group) is 1. The fourth-order valence-electron chi connectivity index (χ4n) is 2.13. The molecule has 0 heterocycles. The van der Waals surface area contributed by atoms with E-state index >= 15 is 0 Å². The Bertz CT molecular complexity index is 484. The second-order valence-electron chi connectivity index (χ2n) is 4.79. The molecular formula is C17H20N2O. The topological polar surface area (TPSA) is 32.3 Å². The second-order valence-corrected chi connectivity index (χ2v) is 4.79. The number of rotatable bonds is 6. The van der Waals surface area contributed by atoms with Crippen LogP contribution in [0.15, 0.2) is 60.7 Å². The third-order valence-corrected chi connectivity index (χ3v) is 3.14. The van der Waals surface area contributed by atoms with E-state index < -0.39 is 0 Å². The van der Waals surface area contributed by atoms with E-state index in [0.717, 1.165) is 13.1 Å². The largest absolute Gasteiger partial charge is 0.358 e. The molecule has 3 heteroatoms. The normalized spacial score (nSPS) is 10.5. The molecule has 0 bridgehead atoms. The SMILES string of the molecule is CNC(=O)CN(Cc1ccccc1)Cc1ccccc1. The molecule has 0 aliphatic carbocycles. The lowest BCUT2D eigenvalue weighted by molar-refractivity contribution is -0.122. The highest BCUT2D eigenvalue weighted by molar-refractivity contribution is 5.77. The summed E-state index contributed by atoms with van der Waals surface area (Å²) in [5.74, 6) is 0.0388. The molecule has 0 radical (unpaired) electrons. The number of nitrogens with one attached hydrogen (secondary N) is 1. The van der Waals surface area contributed by atoms with Crippen LogP contribution in [0.25, 0.3) is 0 Å². The zero-order chi connectivity index (χ0) is 14.2. The average Bonchev–Trinajstić information content (AvgIpc) is 2.49. The molecular weight excluding hydrogens is 248 g/mol. The van der Waals surface area contributed by atoms with Crippen LogP contribution in [0.1, 0.15) is 11.1 Å².